The van der Waals surface area contributed by atoms with Gasteiger partial charge in [0.25, 0.3) is 0 Å². The molecule has 1 fully saturated rings. The van der Waals surface area contributed by atoms with Crippen LogP contribution in [0, 0.1) is 11.8 Å². The molecule has 16 heavy (non-hydrogen) atoms. The van der Waals surface area contributed by atoms with Crippen LogP contribution >= 0.6 is 0 Å². The first-order valence-electron chi connectivity index (χ1n) is 5.82. The van der Waals surface area contributed by atoms with Crippen molar-refractivity contribution in [2.75, 3.05) is 0 Å². The lowest BCUT2D eigenvalue weighted by atomic mass is 9.78. The summed E-state index contributed by atoms with van der Waals surface area (Å²) >= 11 is 0. The number of hydrogen-bond donors (Lipinski definition) is 1. The third kappa shape index (κ3) is 3.78. The normalized spacial score (nSPS) is 32.2. The van der Waals surface area contributed by atoms with Gasteiger partial charge >= 0.3 is 0 Å². The number of Topliss-reactive ketones (excluding diaryl/α,β-unsaturated/α-hetero) is 1. The Hall–Kier alpha value is -1.15. The first-order valence-corrected chi connectivity index (χ1v) is 5.82. The lowest BCUT2D eigenvalue weighted by molar-refractivity contribution is -0.128. The van der Waals surface area contributed by atoms with Gasteiger partial charge in [-0.3, -0.25) is 4.79 Å². The molecule has 2 heteroatoms. The molecule has 0 amide bonds. The van der Waals surface area contributed by atoms with Crippen LogP contribution in [0.2, 0.25) is 0 Å². The minimum atomic E-state index is -0.460. The van der Waals surface area contributed by atoms with Crippen LogP contribution in [-0.4, -0.2) is 17.0 Å². The first-order chi connectivity index (χ1) is 7.65. The standard InChI is InChI=1S/C14H20O2/c1-3-4-5-6-7-8-12-9-13(15)10-14(16)11(12)2/h3-8,11-13,15H,9-10H2,1-2H3/b4-3+,6-5+,8-7+/t11-,12+,13-/m1/s1. The number of aliphatic hydroxyl groups is 1. The molecular formula is C14H20O2. The minimum Gasteiger partial charge on any atom is -0.393 e. The molecule has 3 atom stereocenters. The number of hydrogen-bond acceptors (Lipinski definition) is 2. The number of allylic oxidation sites excluding steroid dienone is 6. The van der Waals surface area contributed by atoms with Gasteiger partial charge in [0, 0.05) is 12.3 Å². The summed E-state index contributed by atoms with van der Waals surface area (Å²) in [6, 6.07) is 0. The van der Waals surface area contributed by atoms with E-state index in [2.05, 4.69) is 0 Å². The topological polar surface area (TPSA) is 37.3 Å². The molecule has 0 radical (unpaired) electrons. The van der Waals surface area contributed by atoms with Gasteiger partial charge in [0.2, 0.25) is 0 Å². The van der Waals surface area contributed by atoms with Crippen LogP contribution in [0.15, 0.2) is 36.5 Å². The fraction of sp³-hybridized carbons (Fsp3) is 0.500. The van der Waals surface area contributed by atoms with E-state index < -0.39 is 6.10 Å². The van der Waals surface area contributed by atoms with Crippen molar-refractivity contribution in [3.05, 3.63) is 36.5 Å². The summed E-state index contributed by atoms with van der Waals surface area (Å²) in [5.74, 6) is 0.382. The van der Waals surface area contributed by atoms with Crippen molar-refractivity contribution < 1.29 is 9.90 Å². The molecule has 1 N–H and O–H groups in total. The Kier molecular flexibility index (Phi) is 5.20. The summed E-state index contributed by atoms with van der Waals surface area (Å²) in [5.41, 5.74) is 0. The van der Waals surface area contributed by atoms with Gasteiger partial charge in [-0.25, -0.2) is 0 Å². The lowest BCUT2D eigenvalue weighted by Gasteiger charge is -2.28. The van der Waals surface area contributed by atoms with Crippen molar-refractivity contribution in [1.29, 1.82) is 0 Å². The summed E-state index contributed by atoms with van der Waals surface area (Å²) in [5, 5.41) is 9.52. The van der Waals surface area contributed by atoms with E-state index in [1.54, 1.807) is 0 Å². The van der Waals surface area contributed by atoms with E-state index >= 15 is 0 Å². The van der Waals surface area contributed by atoms with Crippen molar-refractivity contribution in [2.45, 2.75) is 32.8 Å². The summed E-state index contributed by atoms with van der Waals surface area (Å²) in [4.78, 5) is 11.5. The molecule has 0 saturated heterocycles. The van der Waals surface area contributed by atoms with Crippen molar-refractivity contribution in [3.8, 4) is 0 Å². The van der Waals surface area contributed by atoms with E-state index in [-0.39, 0.29) is 17.6 Å². The van der Waals surface area contributed by atoms with E-state index in [1.807, 2.05) is 50.3 Å². The highest BCUT2D eigenvalue weighted by atomic mass is 16.3. The second-order valence-corrected chi connectivity index (χ2v) is 4.31. The second kappa shape index (κ2) is 6.44. The summed E-state index contributed by atoms with van der Waals surface area (Å²) in [6.45, 7) is 3.91. The fourth-order valence-corrected chi connectivity index (χ4v) is 1.95. The third-order valence-corrected chi connectivity index (χ3v) is 3.02. The van der Waals surface area contributed by atoms with Gasteiger partial charge in [-0.2, -0.15) is 0 Å². The third-order valence-electron chi connectivity index (χ3n) is 3.02. The van der Waals surface area contributed by atoms with Crippen molar-refractivity contribution in [1.82, 2.24) is 0 Å². The number of rotatable bonds is 3. The molecule has 1 aliphatic rings. The van der Waals surface area contributed by atoms with E-state index in [1.165, 1.54) is 0 Å². The molecule has 0 spiro atoms. The van der Waals surface area contributed by atoms with Crippen LogP contribution in [-0.2, 0) is 4.79 Å². The van der Waals surface area contributed by atoms with Gasteiger partial charge in [-0.15, -0.1) is 0 Å². The molecule has 0 heterocycles. The molecule has 0 aliphatic heterocycles. The first kappa shape index (κ1) is 12.9. The maximum absolute atomic E-state index is 11.5. The van der Waals surface area contributed by atoms with E-state index in [9.17, 15) is 9.90 Å². The molecule has 0 aromatic heterocycles. The Labute approximate surface area is 97.4 Å². The van der Waals surface area contributed by atoms with Crippen LogP contribution < -0.4 is 0 Å². The fourth-order valence-electron chi connectivity index (χ4n) is 1.95. The molecule has 0 aromatic rings. The van der Waals surface area contributed by atoms with Crippen molar-refractivity contribution in [3.63, 3.8) is 0 Å². The average molecular weight is 220 g/mol. The largest absolute Gasteiger partial charge is 0.393 e. The average Bonchev–Trinajstić information content (AvgIpc) is 2.24. The van der Waals surface area contributed by atoms with E-state index in [0.717, 1.165) is 0 Å². The minimum absolute atomic E-state index is 0.0368. The molecule has 0 bridgehead atoms. The Morgan fingerprint density at radius 3 is 2.62 bits per heavy atom. The highest BCUT2D eigenvalue weighted by Gasteiger charge is 2.30. The molecule has 0 unspecified atom stereocenters. The maximum atomic E-state index is 11.5. The summed E-state index contributed by atoms with van der Waals surface area (Å²) < 4.78 is 0. The smallest absolute Gasteiger partial charge is 0.138 e. The second-order valence-electron chi connectivity index (χ2n) is 4.31. The Bertz CT molecular complexity index is 313. The van der Waals surface area contributed by atoms with Gasteiger partial charge in [-0.1, -0.05) is 43.4 Å². The van der Waals surface area contributed by atoms with Gasteiger partial charge in [0.1, 0.15) is 5.78 Å². The number of carbonyl (C=O) groups excluding carboxylic acids is 1. The van der Waals surface area contributed by atoms with Gasteiger partial charge in [0.05, 0.1) is 6.10 Å². The Morgan fingerprint density at radius 2 is 1.94 bits per heavy atom. The molecule has 0 aromatic carbocycles. The van der Waals surface area contributed by atoms with Crippen LogP contribution in [0.5, 0.6) is 0 Å². The SMILES string of the molecule is C/C=C/C=C/C=C/[C@H]1C[C@@H](O)CC(=O)[C@@H]1C. The quantitative estimate of drug-likeness (QED) is 0.742. The summed E-state index contributed by atoms with van der Waals surface area (Å²) in [7, 11) is 0. The number of carbonyl (C=O) groups is 1. The summed E-state index contributed by atoms with van der Waals surface area (Å²) in [6.07, 6.45) is 12.3. The highest BCUT2D eigenvalue weighted by molar-refractivity contribution is 5.82. The zero-order valence-electron chi connectivity index (χ0n) is 9.97. The lowest BCUT2D eigenvalue weighted by Crippen LogP contribution is -2.32. The Balaban J connectivity index is 2.54. The predicted molar refractivity (Wildman–Crippen MR) is 66.0 cm³/mol. The van der Waals surface area contributed by atoms with Crippen molar-refractivity contribution >= 4 is 5.78 Å². The maximum Gasteiger partial charge on any atom is 0.138 e. The van der Waals surface area contributed by atoms with Gasteiger partial charge < -0.3 is 5.11 Å². The molecular weight excluding hydrogens is 200 g/mol. The van der Waals surface area contributed by atoms with E-state index in [0.29, 0.717) is 12.8 Å². The predicted octanol–water partition coefficient (Wildman–Crippen LogP) is 2.65. The number of aliphatic hydroxyl groups excluding tert-OH is 1. The highest BCUT2D eigenvalue weighted by Crippen LogP contribution is 2.28. The van der Waals surface area contributed by atoms with Gasteiger partial charge in [0.15, 0.2) is 0 Å². The van der Waals surface area contributed by atoms with E-state index in [4.69, 9.17) is 0 Å². The molecule has 2 nitrogen and oxygen atoms in total. The van der Waals surface area contributed by atoms with Crippen LogP contribution in [0.4, 0.5) is 0 Å². The molecule has 88 valence electrons. The molecule has 1 aliphatic carbocycles. The Morgan fingerprint density at radius 1 is 1.25 bits per heavy atom. The van der Waals surface area contributed by atoms with Crippen molar-refractivity contribution in [2.24, 2.45) is 11.8 Å². The molecule has 1 rings (SSSR count). The van der Waals surface area contributed by atoms with Crippen LogP contribution in [0.25, 0.3) is 0 Å². The monoisotopic (exact) mass is 220 g/mol. The zero-order chi connectivity index (χ0) is 12.0. The van der Waals surface area contributed by atoms with Crippen LogP contribution in [0.1, 0.15) is 26.7 Å². The van der Waals surface area contributed by atoms with Crippen LogP contribution in [0.3, 0.4) is 0 Å². The zero-order valence-corrected chi connectivity index (χ0v) is 9.97. The van der Waals surface area contributed by atoms with Gasteiger partial charge in [-0.05, 0) is 19.3 Å². The number of ketones is 1. The molecule has 1 saturated carbocycles.